The fourth-order valence-electron chi connectivity index (χ4n) is 7.34. The standard InChI is InChI=1S/C19H23ClN2O4S/c1-27(24,25)22-15(23)13-2-14(20)16(21-6-13)26-11-19-5-12-3-17(9-19)7-18(4-12,8-17)10-19/h2,6,12H,3-5,7-11H2,1H3,(H,22,23). The number of nitrogens with zero attached hydrogens (tertiary/aromatic N) is 1. The van der Waals surface area contributed by atoms with Gasteiger partial charge in [0.2, 0.25) is 15.9 Å². The zero-order chi connectivity index (χ0) is 19.1. The first-order valence-corrected chi connectivity index (χ1v) is 11.7. The Labute approximate surface area is 164 Å². The average Bonchev–Trinajstić information content (AvgIpc) is 2.49. The Bertz CT molecular complexity index is 908. The summed E-state index contributed by atoms with van der Waals surface area (Å²) in [4.78, 5) is 16.1. The normalized spacial score (nSPS) is 38.4. The molecule has 7 saturated carbocycles. The second kappa shape index (κ2) is 5.38. The molecular weight excluding hydrogens is 388 g/mol. The molecule has 1 aromatic rings. The van der Waals surface area contributed by atoms with Gasteiger partial charge in [-0.25, -0.2) is 18.1 Å². The maximum atomic E-state index is 11.9. The van der Waals surface area contributed by atoms with Crippen molar-refractivity contribution in [3.63, 3.8) is 0 Å². The van der Waals surface area contributed by atoms with Crippen LogP contribution in [0.4, 0.5) is 0 Å². The van der Waals surface area contributed by atoms with Crippen molar-refractivity contribution >= 4 is 27.5 Å². The maximum Gasteiger partial charge on any atom is 0.266 e. The number of carbonyl (C=O) groups excluding carboxylic acids is 1. The van der Waals surface area contributed by atoms with E-state index in [0.717, 1.165) is 12.2 Å². The number of ether oxygens (including phenoxy) is 1. The van der Waals surface area contributed by atoms with Crippen LogP contribution >= 0.6 is 11.6 Å². The van der Waals surface area contributed by atoms with Crippen molar-refractivity contribution < 1.29 is 17.9 Å². The van der Waals surface area contributed by atoms with Crippen LogP contribution < -0.4 is 9.46 Å². The first kappa shape index (κ1) is 17.7. The van der Waals surface area contributed by atoms with Crippen molar-refractivity contribution in [1.82, 2.24) is 9.71 Å². The lowest BCUT2D eigenvalue weighted by atomic mass is 9.29. The SMILES string of the molecule is CS(=O)(=O)NC(=O)c1cnc(OCC23CC4CC5(C2)CC(C4)(C3)C5)c(Cl)c1. The Morgan fingerprint density at radius 1 is 1.26 bits per heavy atom. The number of nitrogens with one attached hydrogen (secondary N) is 1. The van der Waals surface area contributed by atoms with Crippen LogP contribution in [0.2, 0.25) is 5.02 Å². The minimum absolute atomic E-state index is 0.0894. The smallest absolute Gasteiger partial charge is 0.266 e. The first-order chi connectivity index (χ1) is 12.6. The van der Waals surface area contributed by atoms with Crippen molar-refractivity contribution in [1.29, 1.82) is 0 Å². The Morgan fingerprint density at radius 2 is 1.93 bits per heavy atom. The van der Waals surface area contributed by atoms with Gasteiger partial charge in [0.15, 0.2) is 0 Å². The van der Waals surface area contributed by atoms with Gasteiger partial charge in [0.1, 0.15) is 5.02 Å². The summed E-state index contributed by atoms with van der Waals surface area (Å²) in [5.74, 6) is 0.411. The molecule has 0 radical (unpaired) electrons. The third kappa shape index (κ3) is 2.94. The van der Waals surface area contributed by atoms with Gasteiger partial charge >= 0.3 is 0 Å². The van der Waals surface area contributed by atoms with Crippen molar-refractivity contribution in [2.75, 3.05) is 12.9 Å². The first-order valence-electron chi connectivity index (χ1n) is 9.40. The van der Waals surface area contributed by atoms with Gasteiger partial charge < -0.3 is 4.74 Å². The van der Waals surface area contributed by atoms with E-state index < -0.39 is 15.9 Å². The summed E-state index contributed by atoms with van der Waals surface area (Å²) >= 11 is 6.25. The molecule has 1 N–H and O–H groups in total. The number of aromatic nitrogens is 1. The van der Waals surface area contributed by atoms with Gasteiger partial charge in [0.25, 0.3) is 5.91 Å². The van der Waals surface area contributed by atoms with Crippen molar-refractivity contribution in [2.24, 2.45) is 22.2 Å². The quantitative estimate of drug-likeness (QED) is 0.805. The van der Waals surface area contributed by atoms with Crippen LogP contribution in [-0.4, -0.2) is 32.2 Å². The van der Waals surface area contributed by atoms with Gasteiger partial charge in [-0.3, -0.25) is 4.79 Å². The zero-order valence-electron chi connectivity index (χ0n) is 15.3. The second-order valence-electron chi connectivity index (χ2n) is 9.69. The highest BCUT2D eigenvalue weighted by atomic mass is 35.5. The molecule has 8 heteroatoms. The van der Waals surface area contributed by atoms with Crippen LogP contribution in [0.5, 0.6) is 5.88 Å². The lowest BCUT2D eigenvalue weighted by Crippen LogP contribution is -2.67. The molecule has 0 aromatic carbocycles. The topological polar surface area (TPSA) is 85.4 Å². The van der Waals surface area contributed by atoms with Crippen LogP contribution in [0.25, 0.3) is 0 Å². The highest BCUT2D eigenvalue weighted by Gasteiger charge is 2.71. The number of halogens is 1. The molecule has 1 aromatic heterocycles. The Hall–Kier alpha value is -1.34. The number of rotatable bonds is 5. The number of amides is 1. The van der Waals surface area contributed by atoms with Crippen LogP contribution in [0.1, 0.15) is 55.3 Å². The second-order valence-corrected chi connectivity index (χ2v) is 11.8. The van der Waals surface area contributed by atoms with E-state index in [1.165, 1.54) is 57.2 Å². The molecule has 1 heterocycles. The lowest BCUT2D eigenvalue weighted by molar-refractivity contribution is -0.262. The summed E-state index contributed by atoms with van der Waals surface area (Å²) in [5.41, 5.74) is 1.49. The summed E-state index contributed by atoms with van der Waals surface area (Å²) in [6, 6.07) is 1.40. The molecule has 6 nitrogen and oxygen atoms in total. The van der Waals surface area contributed by atoms with E-state index in [1.807, 2.05) is 4.72 Å². The van der Waals surface area contributed by atoms with Crippen LogP contribution in [0.15, 0.2) is 12.3 Å². The largest absolute Gasteiger partial charge is 0.476 e. The van der Waals surface area contributed by atoms with Crippen LogP contribution in [0.3, 0.4) is 0 Å². The van der Waals surface area contributed by atoms with E-state index in [0.29, 0.717) is 23.3 Å². The minimum Gasteiger partial charge on any atom is -0.476 e. The summed E-state index contributed by atoms with van der Waals surface area (Å²) < 4.78 is 30.3. The van der Waals surface area contributed by atoms with Gasteiger partial charge in [-0.05, 0) is 67.8 Å². The average molecular weight is 411 g/mol. The monoisotopic (exact) mass is 410 g/mol. The maximum absolute atomic E-state index is 11.9. The Balaban J connectivity index is 1.29. The molecule has 27 heavy (non-hydrogen) atoms. The fourth-order valence-corrected chi connectivity index (χ4v) is 8.01. The summed E-state index contributed by atoms with van der Waals surface area (Å²) in [6.45, 7) is 0.620. The van der Waals surface area contributed by atoms with E-state index >= 15 is 0 Å². The summed E-state index contributed by atoms with van der Waals surface area (Å²) in [6.07, 6.45) is 11.6. The molecule has 4 bridgehead atoms. The predicted molar refractivity (Wildman–Crippen MR) is 100 cm³/mol. The molecule has 0 atom stereocenters. The highest BCUT2D eigenvalue weighted by molar-refractivity contribution is 7.89. The molecule has 8 rings (SSSR count). The number of hydrogen-bond donors (Lipinski definition) is 1. The zero-order valence-corrected chi connectivity index (χ0v) is 16.8. The predicted octanol–water partition coefficient (Wildman–Crippen LogP) is 3.16. The van der Waals surface area contributed by atoms with E-state index in [2.05, 4.69) is 4.98 Å². The molecule has 0 aliphatic heterocycles. The Kier molecular flexibility index (Phi) is 3.53. The molecular formula is C19H23ClN2O4S. The third-order valence-electron chi connectivity index (χ3n) is 7.03. The number of pyridine rings is 1. The van der Waals surface area contributed by atoms with Crippen LogP contribution in [-0.2, 0) is 10.0 Å². The fraction of sp³-hybridized carbons (Fsp3) is 0.684. The van der Waals surface area contributed by atoms with Crippen molar-refractivity contribution in [3.8, 4) is 5.88 Å². The van der Waals surface area contributed by atoms with Gasteiger partial charge in [0, 0.05) is 11.6 Å². The van der Waals surface area contributed by atoms with Gasteiger partial charge in [-0.15, -0.1) is 0 Å². The number of carbonyl (C=O) groups is 1. The van der Waals surface area contributed by atoms with E-state index in [-0.39, 0.29) is 16.0 Å². The van der Waals surface area contributed by atoms with Crippen molar-refractivity contribution in [3.05, 3.63) is 22.8 Å². The molecule has 0 unspecified atom stereocenters. The summed E-state index contributed by atoms with van der Waals surface area (Å²) in [7, 11) is -3.63. The Morgan fingerprint density at radius 3 is 2.48 bits per heavy atom. The highest BCUT2D eigenvalue weighted by Crippen LogP contribution is 2.80. The molecule has 2 spiro atoms. The molecule has 146 valence electrons. The molecule has 7 aliphatic rings. The number of sulfonamides is 1. The third-order valence-corrected chi connectivity index (χ3v) is 7.85. The summed E-state index contributed by atoms with van der Waals surface area (Å²) in [5, 5.41) is 0.224. The van der Waals surface area contributed by atoms with E-state index in [1.54, 1.807) is 0 Å². The minimum atomic E-state index is -3.63. The van der Waals surface area contributed by atoms with Gasteiger partial charge in [-0.1, -0.05) is 11.6 Å². The van der Waals surface area contributed by atoms with Gasteiger partial charge in [-0.2, -0.15) is 0 Å². The molecule has 7 aliphatic carbocycles. The van der Waals surface area contributed by atoms with Gasteiger partial charge in [0.05, 0.1) is 18.4 Å². The van der Waals surface area contributed by atoms with Crippen molar-refractivity contribution in [2.45, 2.75) is 44.9 Å². The molecule has 1 amide bonds. The van der Waals surface area contributed by atoms with E-state index in [9.17, 15) is 13.2 Å². The molecule has 7 fully saturated rings. The molecule has 0 saturated heterocycles. The lowest BCUT2D eigenvalue weighted by Gasteiger charge is -2.76. The van der Waals surface area contributed by atoms with Crippen LogP contribution in [0, 0.1) is 22.2 Å². The number of hydrogen-bond acceptors (Lipinski definition) is 5. The van der Waals surface area contributed by atoms with E-state index in [4.69, 9.17) is 16.3 Å².